The third-order valence-electron chi connectivity index (χ3n) is 5.29. The SMILES string of the molecule is Cc1ccc(CCN2CCC(N3CCS(=O)(=O)CC3)CC2)cc1. The Morgan fingerprint density at radius 2 is 1.61 bits per heavy atom. The van der Waals surface area contributed by atoms with E-state index in [2.05, 4.69) is 41.0 Å². The van der Waals surface area contributed by atoms with Crippen LogP contribution < -0.4 is 0 Å². The summed E-state index contributed by atoms with van der Waals surface area (Å²) in [5, 5.41) is 0. The van der Waals surface area contributed by atoms with Crippen LogP contribution in [0.4, 0.5) is 0 Å². The minimum atomic E-state index is -2.76. The predicted molar refractivity (Wildman–Crippen MR) is 94.6 cm³/mol. The molecule has 0 aromatic heterocycles. The summed E-state index contributed by atoms with van der Waals surface area (Å²) in [4.78, 5) is 4.95. The molecular formula is C18H28N2O2S. The molecule has 128 valence electrons. The Labute approximate surface area is 140 Å². The van der Waals surface area contributed by atoms with Crippen LogP contribution in [0.25, 0.3) is 0 Å². The molecule has 4 nitrogen and oxygen atoms in total. The maximum atomic E-state index is 11.5. The van der Waals surface area contributed by atoms with Crippen LogP contribution in [0.1, 0.15) is 24.0 Å². The lowest BCUT2D eigenvalue weighted by Gasteiger charge is -2.40. The fraction of sp³-hybridized carbons (Fsp3) is 0.667. The van der Waals surface area contributed by atoms with E-state index in [0.717, 1.165) is 39.1 Å². The lowest BCUT2D eigenvalue weighted by atomic mass is 10.0. The summed E-state index contributed by atoms with van der Waals surface area (Å²) >= 11 is 0. The Hall–Kier alpha value is -0.910. The number of rotatable bonds is 4. The van der Waals surface area contributed by atoms with Gasteiger partial charge in [0, 0.05) is 25.7 Å². The number of nitrogens with zero attached hydrogens (tertiary/aromatic N) is 2. The van der Waals surface area contributed by atoms with Crippen molar-refractivity contribution in [2.24, 2.45) is 0 Å². The van der Waals surface area contributed by atoms with Crippen molar-refractivity contribution < 1.29 is 8.42 Å². The fourth-order valence-corrected chi connectivity index (χ4v) is 4.87. The van der Waals surface area contributed by atoms with Crippen molar-refractivity contribution in [1.29, 1.82) is 0 Å². The van der Waals surface area contributed by atoms with Crippen molar-refractivity contribution in [3.05, 3.63) is 35.4 Å². The normalized spacial score (nSPS) is 23.9. The molecule has 0 aliphatic carbocycles. The molecule has 2 fully saturated rings. The maximum absolute atomic E-state index is 11.5. The summed E-state index contributed by atoms with van der Waals surface area (Å²) in [6.45, 7) is 7.00. The topological polar surface area (TPSA) is 40.6 Å². The number of likely N-dealkylation sites (tertiary alicyclic amines) is 1. The molecular weight excluding hydrogens is 308 g/mol. The highest BCUT2D eigenvalue weighted by molar-refractivity contribution is 7.91. The summed E-state index contributed by atoms with van der Waals surface area (Å²) in [5.41, 5.74) is 2.73. The third-order valence-corrected chi connectivity index (χ3v) is 6.90. The second-order valence-corrected chi connectivity index (χ2v) is 9.30. The molecule has 0 N–H and O–H groups in total. The summed E-state index contributed by atoms with van der Waals surface area (Å²) in [7, 11) is -2.76. The minimum Gasteiger partial charge on any atom is -0.303 e. The highest BCUT2D eigenvalue weighted by Crippen LogP contribution is 2.19. The van der Waals surface area contributed by atoms with Crippen molar-refractivity contribution in [1.82, 2.24) is 9.80 Å². The Bertz CT molecular complexity index is 590. The lowest BCUT2D eigenvalue weighted by Crippen LogP contribution is -2.50. The Morgan fingerprint density at radius 3 is 2.22 bits per heavy atom. The fourth-order valence-electron chi connectivity index (χ4n) is 3.64. The van der Waals surface area contributed by atoms with Gasteiger partial charge in [-0.2, -0.15) is 0 Å². The molecule has 0 unspecified atom stereocenters. The molecule has 23 heavy (non-hydrogen) atoms. The van der Waals surface area contributed by atoms with Gasteiger partial charge in [-0.3, -0.25) is 4.90 Å². The second-order valence-electron chi connectivity index (χ2n) is 7.00. The molecule has 0 radical (unpaired) electrons. The van der Waals surface area contributed by atoms with Crippen LogP contribution >= 0.6 is 0 Å². The maximum Gasteiger partial charge on any atom is 0.152 e. The summed E-state index contributed by atoms with van der Waals surface area (Å²) in [6, 6.07) is 9.42. The molecule has 5 heteroatoms. The predicted octanol–water partition coefficient (Wildman–Crippen LogP) is 1.73. The number of hydrogen-bond acceptors (Lipinski definition) is 4. The Balaban J connectivity index is 1.41. The van der Waals surface area contributed by atoms with Crippen molar-refractivity contribution >= 4 is 9.84 Å². The number of sulfone groups is 1. The molecule has 2 aliphatic heterocycles. The minimum absolute atomic E-state index is 0.348. The van der Waals surface area contributed by atoms with E-state index in [1.165, 1.54) is 24.0 Å². The number of piperidine rings is 1. The van der Waals surface area contributed by atoms with E-state index >= 15 is 0 Å². The van der Waals surface area contributed by atoms with Gasteiger partial charge in [0.15, 0.2) is 9.84 Å². The smallest absolute Gasteiger partial charge is 0.152 e. The van der Waals surface area contributed by atoms with Crippen molar-refractivity contribution in [2.45, 2.75) is 32.2 Å². The van der Waals surface area contributed by atoms with E-state index in [9.17, 15) is 8.42 Å². The van der Waals surface area contributed by atoms with Crippen molar-refractivity contribution in [3.8, 4) is 0 Å². The first-order chi connectivity index (χ1) is 11.0. The van der Waals surface area contributed by atoms with E-state index in [-0.39, 0.29) is 0 Å². The average Bonchev–Trinajstić information content (AvgIpc) is 2.55. The molecule has 0 spiro atoms. The van der Waals surface area contributed by atoms with Crippen LogP contribution in [0, 0.1) is 6.92 Å². The van der Waals surface area contributed by atoms with Gasteiger partial charge >= 0.3 is 0 Å². The number of benzene rings is 1. The first-order valence-corrected chi connectivity index (χ1v) is 10.6. The molecule has 2 heterocycles. The molecule has 0 saturated carbocycles. The number of hydrogen-bond donors (Lipinski definition) is 0. The van der Waals surface area contributed by atoms with E-state index in [1.54, 1.807) is 0 Å². The van der Waals surface area contributed by atoms with Gasteiger partial charge in [-0.1, -0.05) is 29.8 Å². The zero-order valence-electron chi connectivity index (χ0n) is 14.1. The lowest BCUT2D eigenvalue weighted by molar-refractivity contribution is 0.116. The van der Waals surface area contributed by atoms with E-state index in [0.29, 0.717) is 17.5 Å². The molecule has 3 rings (SSSR count). The molecule has 1 aromatic rings. The summed E-state index contributed by atoms with van der Waals surface area (Å²) in [5.74, 6) is 0.696. The van der Waals surface area contributed by atoms with Crippen molar-refractivity contribution in [3.63, 3.8) is 0 Å². The molecule has 1 aromatic carbocycles. The van der Waals surface area contributed by atoms with Crippen LogP contribution in [-0.2, 0) is 16.3 Å². The molecule has 0 bridgehead atoms. The quantitative estimate of drug-likeness (QED) is 0.840. The van der Waals surface area contributed by atoms with Crippen LogP contribution in [-0.4, -0.2) is 68.5 Å². The Morgan fingerprint density at radius 1 is 1.00 bits per heavy atom. The van der Waals surface area contributed by atoms with Gasteiger partial charge in [-0.25, -0.2) is 8.42 Å². The molecule has 0 amide bonds. The van der Waals surface area contributed by atoms with Gasteiger partial charge in [-0.15, -0.1) is 0 Å². The summed E-state index contributed by atoms with van der Waals surface area (Å²) in [6.07, 6.45) is 3.47. The van der Waals surface area contributed by atoms with Gasteiger partial charge in [0.2, 0.25) is 0 Å². The summed E-state index contributed by atoms with van der Waals surface area (Å²) < 4.78 is 23.1. The molecule has 0 atom stereocenters. The molecule has 2 saturated heterocycles. The third kappa shape index (κ3) is 4.78. The highest BCUT2D eigenvalue weighted by atomic mass is 32.2. The second kappa shape index (κ2) is 7.32. The van der Waals surface area contributed by atoms with Gasteiger partial charge in [0.05, 0.1) is 11.5 Å². The van der Waals surface area contributed by atoms with E-state index in [1.807, 2.05) is 0 Å². The standard InChI is InChI=1S/C18H28N2O2S/c1-16-2-4-17(5-3-16)6-9-19-10-7-18(8-11-19)20-12-14-23(21,22)15-13-20/h2-5,18H,6-15H2,1H3. The van der Waals surface area contributed by atoms with Gasteiger partial charge in [0.25, 0.3) is 0 Å². The van der Waals surface area contributed by atoms with Crippen LogP contribution in [0.15, 0.2) is 24.3 Å². The van der Waals surface area contributed by atoms with Crippen LogP contribution in [0.3, 0.4) is 0 Å². The van der Waals surface area contributed by atoms with Crippen LogP contribution in [0.2, 0.25) is 0 Å². The Kier molecular flexibility index (Phi) is 5.39. The largest absolute Gasteiger partial charge is 0.303 e. The van der Waals surface area contributed by atoms with E-state index < -0.39 is 9.84 Å². The van der Waals surface area contributed by atoms with E-state index in [4.69, 9.17) is 0 Å². The average molecular weight is 337 g/mol. The first-order valence-electron chi connectivity index (χ1n) is 8.74. The van der Waals surface area contributed by atoms with Crippen LogP contribution in [0.5, 0.6) is 0 Å². The zero-order valence-corrected chi connectivity index (χ0v) is 14.9. The van der Waals surface area contributed by atoms with Crippen molar-refractivity contribution in [2.75, 3.05) is 44.2 Å². The zero-order chi connectivity index (χ0) is 16.3. The first kappa shape index (κ1) is 16.9. The number of aryl methyl sites for hydroxylation is 1. The van der Waals surface area contributed by atoms with Gasteiger partial charge in [-0.05, 0) is 44.8 Å². The van der Waals surface area contributed by atoms with Gasteiger partial charge < -0.3 is 4.90 Å². The molecule has 2 aliphatic rings. The van der Waals surface area contributed by atoms with Gasteiger partial charge in [0.1, 0.15) is 0 Å². The highest BCUT2D eigenvalue weighted by Gasteiger charge is 2.29. The monoisotopic (exact) mass is 336 g/mol.